The molecule has 0 heterocycles. The summed E-state index contributed by atoms with van der Waals surface area (Å²) in [5, 5.41) is 3.67. The molecule has 2 heteroatoms. The van der Waals surface area contributed by atoms with Crippen LogP contribution in [0.1, 0.15) is 44.6 Å². The Kier molecular flexibility index (Phi) is 4.49. The predicted molar refractivity (Wildman–Crippen MR) is 78.5 cm³/mol. The summed E-state index contributed by atoms with van der Waals surface area (Å²) in [6.07, 6.45) is 7.02. The van der Waals surface area contributed by atoms with Gasteiger partial charge in [0.1, 0.15) is 0 Å². The maximum absolute atomic E-state index is 3.67. The van der Waals surface area contributed by atoms with E-state index in [1.54, 1.807) is 0 Å². The predicted octanol–water partition coefficient (Wildman–Crippen LogP) is 5.14. The summed E-state index contributed by atoms with van der Waals surface area (Å²) in [6.45, 7) is 4.46. The van der Waals surface area contributed by atoms with E-state index < -0.39 is 0 Å². The van der Waals surface area contributed by atoms with Gasteiger partial charge in [-0.25, -0.2) is 0 Å². The molecule has 1 saturated carbocycles. The second-order valence-electron chi connectivity index (χ2n) is 5.27. The maximum Gasteiger partial charge on any atom is 0.0489 e. The highest BCUT2D eigenvalue weighted by molar-refractivity contribution is 9.10. The number of nitrogens with one attached hydrogen (secondary N) is 1. The molecule has 17 heavy (non-hydrogen) atoms. The second kappa shape index (κ2) is 5.90. The molecular formula is C15H22BrN. The standard InChI is InChI=1S/C15H22BrN/c1-11-7-6-10-14(15(11)16)17-12(2)13-8-4-3-5-9-13/h6-7,10,12-13,17H,3-5,8-9H2,1-2H3. The molecule has 0 bridgehead atoms. The van der Waals surface area contributed by atoms with Crippen LogP contribution in [0.15, 0.2) is 22.7 Å². The highest BCUT2D eigenvalue weighted by Crippen LogP contribution is 2.31. The van der Waals surface area contributed by atoms with Crippen LogP contribution in [0.25, 0.3) is 0 Å². The summed E-state index contributed by atoms with van der Waals surface area (Å²) < 4.78 is 1.21. The largest absolute Gasteiger partial charge is 0.381 e. The minimum Gasteiger partial charge on any atom is -0.381 e. The van der Waals surface area contributed by atoms with Gasteiger partial charge in [-0.15, -0.1) is 0 Å². The Morgan fingerprint density at radius 1 is 1.24 bits per heavy atom. The fraction of sp³-hybridized carbons (Fsp3) is 0.600. The van der Waals surface area contributed by atoms with Crippen molar-refractivity contribution in [2.75, 3.05) is 5.32 Å². The van der Waals surface area contributed by atoms with Crippen LogP contribution in [0.3, 0.4) is 0 Å². The van der Waals surface area contributed by atoms with E-state index in [0.29, 0.717) is 6.04 Å². The number of benzene rings is 1. The van der Waals surface area contributed by atoms with E-state index in [-0.39, 0.29) is 0 Å². The Labute approximate surface area is 113 Å². The normalized spacial score (nSPS) is 19.0. The first-order valence-electron chi connectivity index (χ1n) is 6.70. The van der Waals surface area contributed by atoms with Crippen molar-refractivity contribution in [3.05, 3.63) is 28.2 Å². The minimum absolute atomic E-state index is 0.577. The lowest BCUT2D eigenvalue weighted by atomic mass is 9.84. The van der Waals surface area contributed by atoms with Gasteiger partial charge >= 0.3 is 0 Å². The lowest BCUT2D eigenvalue weighted by Gasteiger charge is -2.29. The Morgan fingerprint density at radius 2 is 1.94 bits per heavy atom. The van der Waals surface area contributed by atoms with Gasteiger partial charge in [-0.3, -0.25) is 0 Å². The molecule has 94 valence electrons. The van der Waals surface area contributed by atoms with Crippen molar-refractivity contribution in [2.24, 2.45) is 5.92 Å². The molecule has 1 aliphatic carbocycles. The summed E-state index contributed by atoms with van der Waals surface area (Å²) in [5.74, 6) is 0.844. The van der Waals surface area contributed by atoms with Crippen LogP contribution in [0.5, 0.6) is 0 Å². The molecule has 0 saturated heterocycles. The molecule has 1 atom stereocenters. The van der Waals surface area contributed by atoms with Crippen LogP contribution in [0, 0.1) is 12.8 Å². The molecule has 1 N–H and O–H groups in total. The van der Waals surface area contributed by atoms with E-state index in [0.717, 1.165) is 5.92 Å². The van der Waals surface area contributed by atoms with Gasteiger partial charge in [-0.2, -0.15) is 0 Å². The minimum atomic E-state index is 0.577. The molecule has 0 radical (unpaired) electrons. The van der Waals surface area contributed by atoms with Crippen LogP contribution < -0.4 is 5.32 Å². The molecule has 1 fully saturated rings. The molecular weight excluding hydrogens is 274 g/mol. The fourth-order valence-corrected chi connectivity index (χ4v) is 3.13. The number of anilines is 1. The van der Waals surface area contributed by atoms with E-state index >= 15 is 0 Å². The average Bonchev–Trinajstić information content (AvgIpc) is 2.36. The number of hydrogen-bond acceptors (Lipinski definition) is 1. The Morgan fingerprint density at radius 3 is 2.65 bits per heavy atom. The summed E-state index contributed by atoms with van der Waals surface area (Å²) >= 11 is 3.67. The Balaban J connectivity index is 2.01. The first-order chi connectivity index (χ1) is 8.18. The van der Waals surface area contributed by atoms with Crippen molar-refractivity contribution < 1.29 is 0 Å². The molecule has 0 spiro atoms. The monoisotopic (exact) mass is 295 g/mol. The van der Waals surface area contributed by atoms with Crippen LogP contribution in [0.2, 0.25) is 0 Å². The molecule has 0 aliphatic heterocycles. The zero-order valence-electron chi connectivity index (χ0n) is 10.8. The number of rotatable bonds is 3. The molecule has 1 aromatic carbocycles. The molecule has 1 aromatic rings. The van der Waals surface area contributed by atoms with E-state index in [1.165, 1.54) is 47.8 Å². The van der Waals surface area contributed by atoms with Gasteiger partial charge < -0.3 is 5.32 Å². The first-order valence-corrected chi connectivity index (χ1v) is 7.49. The van der Waals surface area contributed by atoms with Gasteiger partial charge in [-0.05, 0) is 60.2 Å². The van der Waals surface area contributed by atoms with Gasteiger partial charge in [0, 0.05) is 16.2 Å². The van der Waals surface area contributed by atoms with E-state index in [2.05, 4.69) is 53.3 Å². The third-order valence-corrected chi connectivity index (χ3v) is 4.98. The zero-order chi connectivity index (χ0) is 12.3. The highest BCUT2D eigenvalue weighted by atomic mass is 79.9. The summed E-state index contributed by atoms with van der Waals surface area (Å²) in [6, 6.07) is 7.00. The van der Waals surface area contributed by atoms with Crippen LogP contribution in [-0.2, 0) is 0 Å². The number of halogens is 1. The molecule has 0 aromatic heterocycles. The highest BCUT2D eigenvalue weighted by Gasteiger charge is 2.20. The van der Waals surface area contributed by atoms with E-state index in [9.17, 15) is 0 Å². The molecule has 2 rings (SSSR count). The van der Waals surface area contributed by atoms with E-state index in [4.69, 9.17) is 0 Å². The van der Waals surface area contributed by atoms with Gasteiger partial charge in [-0.1, -0.05) is 31.4 Å². The number of hydrogen-bond donors (Lipinski definition) is 1. The SMILES string of the molecule is Cc1cccc(NC(C)C2CCCCC2)c1Br. The summed E-state index contributed by atoms with van der Waals surface area (Å²) in [4.78, 5) is 0. The Bertz CT molecular complexity index is 369. The molecule has 0 amide bonds. The van der Waals surface area contributed by atoms with Crippen LogP contribution in [-0.4, -0.2) is 6.04 Å². The summed E-state index contributed by atoms with van der Waals surface area (Å²) in [7, 11) is 0. The van der Waals surface area contributed by atoms with E-state index in [1.807, 2.05) is 0 Å². The smallest absolute Gasteiger partial charge is 0.0489 e. The van der Waals surface area contributed by atoms with Gasteiger partial charge in [0.2, 0.25) is 0 Å². The van der Waals surface area contributed by atoms with Crippen molar-refractivity contribution >= 4 is 21.6 Å². The average molecular weight is 296 g/mol. The maximum atomic E-state index is 3.67. The van der Waals surface area contributed by atoms with Crippen LogP contribution in [0.4, 0.5) is 5.69 Å². The van der Waals surface area contributed by atoms with Gasteiger partial charge in [0.15, 0.2) is 0 Å². The zero-order valence-corrected chi connectivity index (χ0v) is 12.4. The second-order valence-corrected chi connectivity index (χ2v) is 6.06. The van der Waals surface area contributed by atoms with Crippen molar-refractivity contribution in [2.45, 2.75) is 52.0 Å². The third kappa shape index (κ3) is 3.25. The van der Waals surface area contributed by atoms with Crippen molar-refractivity contribution in [3.8, 4) is 0 Å². The molecule has 1 nitrogen and oxygen atoms in total. The van der Waals surface area contributed by atoms with Crippen molar-refractivity contribution in [3.63, 3.8) is 0 Å². The lowest BCUT2D eigenvalue weighted by molar-refractivity contribution is 0.328. The first kappa shape index (κ1) is 12.9. The Hall–Kier alpha value is -0.500. The molecule has 1 aliphatic rings. The number of aryl methyl sites for hydroxylation is 1. The molecule has 1 unspecified atom stereocenters. The third-order valence-electron chi connectivity index (χ3n) is 3.93. The van der Waals surface area contributed by atoms with Crippen molar-refractivity contribution in [1.29, 1.82) is 0 Å². The topological polar surface area (TPSA) is 12.0 Å². The summed E-state index contributed by atoms with van der Waals surface area (Å²) in [5.41, 5.74) is 2.54. The van der Waals surface area contributed by atoms with Gasteiger partial charge in [0.05, 0.1) is 0 Å². The van der Waals surface area contributed by atoms with Gasteiger partial charge in [0.25, 0.3) is 0 Å². The van der Waals surface area contributed by atoms with Crippen molar-refractivity contribution in [1.82, 2.24) is 0 Å². The fourth-order valence-electron chi connectivity index (χ4n) is 2.76. The lowest BCUT2D eigenvalue weighted by Crippen LogP contribution is -2.27. The van der Waals surface area contributed by atoms with Crippen LogP contribution >= 0.6 is 15.9 Å². The quantitative estimate of drug-likeness (QED) is 0.814.